The molecule has 0 radical (unpaired) electrons. The summed E-state index contributed by atoms with van der Waals surface area (Å²) in [6.07, 6.45) is 0. The third-order valence-corrected chi connectivity index (χ3v) is 11.4. The normalized spacial score (nSPS) is 16.5. The van der Waals surface area contributed by atoms with Crippen LogP contribution in [0.4, 0.5) is 0 Å². The van der Waals surface area contributed by atoms with Crippen molar-refractivity contribution in [1.82, 2.24) is 13.7 Å². The molecular weight excluding hydrogens is 763 g/mol. The summed E-state index contributed by atoms with van der Waals surface area (Å²) in [6, 6.07) is 17.0. The Bertz CT molecular complexity index is 5140. The smallest absolute Gasteiger partial charge is 0.0652 e. The number of hydrogen-bond donors (Lipinski definition) is 0. The molecule has 0 amide bonds. The number of rotatable bonds is 6. The monoisotopic (exact) mass is 822 g/mol. The van der Waals surface area contributed by atoms with Crippen molar-refractivity contribution in [3.8, 4) is 50.4 Å². The molecule has 3 aromatic heterocycles. The molecule has 0 atom stereocenters. The zero-order valence-electron chi connectivity index (χ0n) is 53.7. The van der Waals surface area contributed by atoms with Crippen molar-refractivity contribution in [2.45, 2.75) is 0 Å². The van der Waals surface area contributed by atoms with E-state index in [9.17, 15) is 20.6 Å². The van der Waals surface area contributed by atoms with Crippen LogP contribution in [0, 0.1) is 0 Å². The van der Waals surface area contributed by atoms with Crippen LogP contribution < -0.4 is 0 Å². The molecule has 0 aliphatic carbocycles. The van der Waals surface area contributed by atoms with E-state index in [4.69, 9.17) is 8.22 Å². The van der Waals surface area contributed by atoms with Gasteiger partial charge in [0.25, 0.3) is 0 Å². The Kier molecular flexibility index (Phi) is 4.57. The largest absolute Gasteiger partial charge is 0.309 e. The van der Waals surface area contributed by atoms with Gasteiger partial charge in [-0.2, -0.15) is 0 Å². The maximum Gasteiger partial charge on any atom is 0.0652 e. The second-order valence-electron chi connectivity index (χ2n) is 14.8. The van der Waals surface area contributed by atoms with Crippen LogP contribution >= 0.6 is 0 Å². The average Bonchev–Trinajstić information content (AvgIpc) is 2.24. The van der Waals surface area contributed by atoms with Crippen molar-refractivity contribution in [3.05, 3.63) is 236 Å². The summed E-state index contributed by atoms with van der Waals surface area (Å²) in [7, 11) is 0. The number of aromatic nitrogens is 3. The van der Waals surface area contributed by atoms with Crippen LogP contribution in [0.15, 0.2) is 236 Å². The van der Waals surface area contributed by atoms with Gasteiger partial charge in [-0.05, 0) is 94.8 Å². The second kappa shape index (κ2) is 14.1. The molecule has 13 aromatic rings. The number of nitrogens with zero attached hydrogens (tertiary/aromatic N) is 3. The Balaban J connectivity index is 1.18. The van der Waals surface area contributed by atoms with Gasteiger partial charge in [-0.25, -0.2) is 0 Å². The summed E-state index contributed by atoms with van der Waals surface area (Å²) in [5.74, 6) is 0. The van der Waals surface area contributed by atoms with Gasteiger partial charge in [0.2, 0.25) is 0 Å². The highest BCUT2D eigenvalue weighted by atomic mass is 15.0. The van der Waals surface area contributed by atoms with Crippen molar-refractivity contribution in [1.29, 1.82) is 0 Å². The van der Waals surface area contributed by atoms with Crippen molar-refractivity contribution in [3.63, 3.8) is 0 Å². The first-order chi connectivity index (χ1) is 40.1. The molecule has 0 saturated carbocycles. The van der Waals surface area contributed by atoms with Gasteiger partial charge in [0.05, 0.1) is 73.3 Å². The summed E-state index contributed by atoms with van der Waals surface area (Å²) >= 11 is 0. The van der Waals surface area contributed by atoms with Gasteiger partial charge < -0.3 is 13.7 Å². The molecule has 0 aliphatic rings. The van der Waals surface area contributed by atoms with Crippen LogP contribution in [0.3, 0.4) is 0 Å². The van der Waals surface area contributed by atoms with Gasteiger partial charge in [0.15, 0.2) is 0 Å². The maximum absolute atomic E-state index is 10.2. The molecule has 0 saturated heterocycles. The lowest BCUT2D eigenvalue weighted by Gasteiger charge is -2.14. The lowest BCUT2D eigenvalue weighted by Crippen LogP contribution is -1.98. The standard InChI is InChI=1S/C60H39N3/c1-3-17-40(18-4-1)45-21-7-12-26-53(45)62-56-29-15-10-24-48(56)51-38-43(32-35-59(51)62)42-31-34-58-50(37-42)47-23-9-14-28-55(47)61(58)44-33-36-60-52(39-44)49-25-11-16-30-57(49)63(60)54-27-13-8-22-46(54)41-19-5-2-6-20-41/h1-39H/i9D,10D,11D,14D,15D,16D,23D,24D,25D,28D,29D,30D,31D,32D,33D,34D,35D,36D,37D,38D,39D. The predicted molar refractivity (Wildman–Crippen MR) is 266 cm³/mol. The molecule has 63 heavy (non-hydrogen) atoms. The highest BCUT2D eigenvalue weighted by Gasteiger charge is 2.20. The summed E-state index contributed by atoms with van der Waals surface area (Å²) in [5, 5.41) is -1.94. The van der Waals surface area contributed by atoms with Crippen molar-refractivity contribution in [2.75, 3.05) is 0 Å². The molecule has 0 aliphatic heterocycles. The SMILES string of the molecule is [2H]c1c([2H])c([2H])c2c(c1[2H])c1c([2H])c(-c3c([2H])c([2H])c4c(c3[2H])c3c([2H])c([2H])c([2H])c([2H])c3n4-c3c([2H])c([2H])c4c(c3[2H])c3c([2H])c([2H])c([2H])c([2H])c3n4-c3ccccc3-c3ccccc3)c([2H])c([2H])c1n2-c1ccccc1-c1ccccc1. The van der Waals surface area contributed by atoms with Crippen molar-refractivity contribution in [2.24, 2.45) is 0 Å². The van der Waals surface area contributed by atoms with Crippen LogP contribution in [-0.2, 0) is 0 Å². The van der Waals surface area contributed by atoms with Crippen LogP contribution in [0.1, 0.15) is 28.8 Å². The minimum atomic E-state index is -0.888. The van der Waals surface area contributed by atoms with Crippen LogP contribution in [0.25, 0.3) is 116 Å². The van der Waals surface area contributed by atoms with E-state index < -0.39 is 166 Å². The van der Waals surface area contributed by atoms with E-state index in [1.165, 1.54) is 9.13 Å². The van der Waals surface area contributed by atoms with Gasteiger partial charge >= 0.3 is 0 Å². The maximum atomic E-state index is 10.2. The fraction of sp³-hybridized carbons (Fsp3) is 0. The van der Waals surface area contributed by atoms with Crippen molar-refractivity contribution >= 4 is 65.4 Å². The van der Waals surface area contributed by atoms with Crippen molar-refractivity contribution < 1.29 is 28.8 Å². The van der Waals surface area contributed by atoms with Gasteiger partial charge in [-0.3, -0.25) is 0 Å². The summed E-state index contributed by atoms with van der Waals surface area (Å²) in [5.41, 5.74) is -0.457. The number of fused-ring (bicyclic) bond motifs is 9. The van der Waals surface area contributed by atoms with Crippen LogP contribution in [0.5, 0.6) is 0 Å². The molecule has 0 spiro atoms. The number of benzene rings is 10. The fourth-order valence-electron chi connectivity index (χ4n) is 8.66. The highest BCUT2D eigenvalue weighted by molar-refractivity contribution is 6.14. The van der Waals surface area contributed by atoms with Gasteiger partial charge in [0.1, 0.15) is 0 Å². The fourth-order valence-corrected chi connectivity index (χ4v) is 8.66. The Morgan fingerprint density at radius 3 is 1.13 bits per heavy atom. The Hall–Kier alpha value is -8.40. The number of hydrogen-bond acceptors (Lipinski definition) is 0. The van der Waals surface area contributed by atoms with E-state index in [2.05, 4.69) is 0 Å². The Labute approximate surface area is 394 Å². The number of para-hydroxylation sites is 5. The van der Waals surface area contributed by atoms with E-state index in [-0.39, 0.29) is 43.6 Å². The van der Waals surface area contributed by atoms with Gasteiger partial charge in [-0.1, -0.05) is 164 Å². The molecule has 294 valence electrons. The molecule has 3 heterocycles. The summed E-state index contributed by atoms with van der Waals surface area (Å²) in [4.78, 5) is 0. The molecule has 0 N–H and O–H groups in total. The van der Waals surface area contributed by atoms with Gasteiger partial charge in [-0.15, -0.1) is 0 Å². The molecule has 0 unspecified atom stereocenters. The van der Waals surface area contributed by atoms with E-state index in [0.29, 0.717) is 33.6 Å². The lowest BCUT2D eigenvalue weighted by atomic mass is 10.0. The third-order valence-electron chi connectivity index (χ3n) is 11.4. The first kappa shape index (κ1) is 20.4. The minimum Gasteiger partial charge on any atom is -0.309 e. The molecule has 0 fully saturated rings. The van der Waals surface area contributed by atoms with Gasteiger partial charge in [0, 0.05) is 49.1 Å². The summed E-state index contributed by atoms with van der Waals surface area (Å²) < 4.78 is 202. The van der Waals surface area contributed by atoms with E-state index in [0.717, 1.165) is 4.57 Å². The summed E-state index contributed by atoms with van der Waals surface area (Å²) in [6.45, 7) is 0. The van der Waals surface area contributed by atoms with E-state index in [1.54, 1.807) is 72.8 Å². The average molecular weight is 823 g/mol. The minimum absolute atomic E-state index is 0.145. The zero-order valence-corrected chi connectivity index (χ0v) is 32.7. The molecule has 3 nitrogen and oxygen atoms in total. The Morgan fingerprint density at radius 1 is 0.270 bits per heavy atom. The predicted octanol–water partition coefficient (Wildman–Crippen LogP) is 16.0. The third kappa shape index (κ3) is 5.46. The van der Waals surface area contributed by atoms with E-state index in [1.807, 2.05) is 36.4 Å². The first-order valence-corrected chi connectivity index (χ1v) is 20.0. The molecule has 3 heteroatoms. The second-order valence-corrected chi connectivity index (χ2v) is 14.8. The molecule has 0 bridgehead atoms. The quantitative estimate of drug-likeness (QED) is 0.159. The molecule has 13 rings (SSSR count). The molecule has 10 aromatic carbocycles. The van der Waals surface area contributed by atoms with E-state index >= 15 is 0 Å². The lowest BCUT2D eigenvalue weighted by molar-refractivity contribution is 1.17. The topological polar surface area (TPSA) is 14.8 Å². The first-order valence-electron chi connectivity index (χ1n) is 30.5. The van der Waals surface area contributed by atoms with Crippen LogP contribution in [-0.4, -0.2) is 13.7 Å². The van der Waals surface area contributed by atoms with Crippen LogP contribution in [0.2, 0.25) is 0 Å². The Morgan fingerprint density at radius 2 is 0.635 bits per heavy atom. The zero-order chi connectivity index (χ0) is 59.7. The molecular formula is C60H39N3. The highest BCUT2D eigenvalue weighted by Crippen LogP contribution is 2.42.